The van der Waals surface area contributed by atoms with Crippen LogP contribution in [0.4, 0.5) is 4.79 Å². The first-order chi connectivity index (χ1) is 9.47. The number of hydrogen-bond acceptors (Lipinski definition) is 4. The van der Waals surface area contributed by atoms with Crippen molar-refractivity contribution in [3.05, 3.63) is 0 Å². The third-order valence-electron chi connectivity index (χ3n) is 3.70. The van der Waals surface area contributed by atoms with E-state index in [0.717, 1.165) is 12.8 Å². The maximum Gasteiger partial charge on any atom is 0.327 e. The molecule has 116 valence electrons. The monoisotopic (exact) mass is 304 g/mol. The molecule has 0 aromatic carbocycles. The minimum atomic E-state index is -0.969. The number of amides is 2. The van der Waals surface area contributed by atoms with Crippen LogP contribution in [0.2, 0.25) is 0 Å². The van der Waals surface area contributed by atoms with Crippen LogP contribution in [0, 0.1) is 0 Å². The molecule has 0 aliphatic carbocycles. The van der Waals surface area contributed by atoms with Crippen molar-refractivity contribution in [2.75, 3.05) is 18.9 Å². The zero-order valence-electron chi connectivity index (χ0n) is 12.3. The first-order valence-corrected chi connectivity index (χ1v) is 8.06. The van der Waals surface area contributed by atoms with E-state index in [0.29, 0.717) is 5.75 Å². The van der Waals surface area contributed by atoms with E-state index in [-0.39, 0.29) is 30.6 Å². The van der Waals surface area contributed by atoms with E-state index in [2.05, 4.69) is 0 Å². The highest BCUT2D eigenvalue weighted by molar-refractivity contribution is 8.00. The molecule has 2 unspecified atom stereocenters. The smallest absolute Gasteiger partial charge is 0.327 e. The zero-order valence-corrected chi connectivity index (χ0v) is 13.1. The van der Waals surface area contributed by atoms with Gasteiger partial charge in [-0.1, -0.05) is 13.8 Å². The van der Waals surface area contributed by atoms with E-state index in [1.165, 1.54) is 16.7 Å². The molecule has 0 aromatic heterocycles. The molecule has 1 rings (SSSR count). The molecule has 1 aliphatic rings. The maximum absolute atomic E-state index is 12.7. The number of aliphatic hydroxyl groups is 1. The van der Waals surface area contributed by atoms with Crippen molar-refractivity contribution in [3.63, 3.8) is 0 Å². The van der Waals surface area contributed by atoms with Gasteiger partial charge in [-0.15, -0.1) is 11.8 Å². The van der Waals surface area contributed by atoms with Gasteiger partial charge in [-0.25, -0.2) is 9.59 Å². The lowest BCUT2D eigenvalue weighted by molar-refractivity contribution is -0.141. The van der Waals surface area contributed by atoms with Gasteiger partial charge in [0.2, 0.25) is 0 Å². The number of carbonyl (C=O) groups is 2. The first-order valence-electron chi connectivity index (χ1n) is 7.02. The van der Waals surface area contributed by atoms with Crippen molar-refractivity contribution < 1.29 is 19.8 Å². The molecular weight excluding hydrogens is 280 g/mol. The molecule has 2 amide bonds. The molecule has 0 bridgehead atoms. The minimum Gasteiger partial charge on any atom is -0.480 e. The second kappa shape index (κ2) is 7.73. The fraction of sp³-hybridized carbons (Fsp3) is 0.846. The van der Waals surface area contributed by atoms with Gasteiger partial charge in [0, 0.05) is 18.3 Å². The van der Waals surface area contributed by atoms with Gasteiger partial charge in [0.1, 0.15) is 6.04 Å². The van der Waals surface area contributed by atoms with Gasteiger partial charge >= 0.3 is 12.0 Å². The summed E-state index contributed by atoms with van der Waals surface area (Å²) in [5, 5.41) is 18.3. The minimum absolute atomic E-state index is 0.0295. The van der Waals surface area contributed by atoms with Gasteiger partial charge < -0.3 is 15.1 Å². The summed E-state index contributed by atoms with van der Waals surface area (Å²) in [6.45, 7) is 5.95. The molecule has 2 atom stereocenters. The number of hydrogen-bond donors (Lipinski definition) is 2. The van der Waals surface area contributed by atoms with Gasteiger partial charge in [-0.3, -0.25) is 4.90 Å². The average molecular weight is 304 g/mol. The van der Waals surface area contributed by atoms with Crippen LogP contribution in [0.1, 0.15) is 33.6 Å². The lowest BCUT2D eigenvalue weighted by Crippen LogP contribution is -2.54. The number of carbonyl (C=O) groups excluding carboxylic acids is 1. The molecule has 0 saturated carbocycles. The number of nitrogens with zero attached hydrogens (tertiary/aromatic N) is 2. The number of carboxylic acid groups (broad SMARTS) is 1. The fourth-order valence-corrected chi connectivity index (χ4v) is 3.71. The Kier molecular flexibility index (Phi) is 6.61. The number of thioether (sulfide) groups is 1. The average Bonchev–Trinajstić information content (AvgIpc) is 2.80. The molecule has 1 heterocycles. The summed E-state index contributed by atoms with van der Waals surface area (Å²) in [6, 6.07) is -1.03. The molecule has 1 fully saturated rings. The molecule has 2 N–H and O–H groups in total. The Hall–Kier alpha value is -0.950. The summed E-state index contributed by atoms with van der Waals surface area (Å²) >= 11 is 1.47. The molecule has 6 nitrogen and oxygen atoms in total. The topological polar surface area (TPSA) is 81.1 Å². The van der Waals surface area contributed by atoms with Gasteiger partial charge in [-0.2, -0.15) is 0 Å². The predicted octanol–water partition coefficient (Wildman–Crippen LogP) is 1.44. The largest absolute Gasteiger partial charge is 0.480 e. The van der Waals surface area contributed by atoms with Crippen molar-refractivity contribution >= 4 is 23.8 Å². The van der Waals surface area contributed by atoms with Crippen molar-refractivity contribution in [1.82, 2.24) is 9.80 Å². The molecule has 1 saturated heterocycles. The van der Waals surface area contributed by atoms with E-state index in [1.807, 2.05) is 20.8 Å². The van der Waals surface area contributed by atoms with E-state index < -0.39 is 12.0 Å². The van der Waals surface area contributed by atoms with E-state index in [9.17, 15) is 19.8 Å². The number of aliphatic carboxylic acids is 1. The molecule has 0 spiro atoms. The third-order valence-corrected chi connectivity index (χ3v) is 4.92. The molecule has 1 aliphatic heterocycles. The van der Waals surface area contributed by atoms with Gasteiger partial charge in [0.15, 0.2) is 0 Å². The van der Waals surface area contributed by atoms with E-state index >= 15 is 0 Å². The number of urea groups is 1. The Morgan fingerprint density at radius 1 is 1.40 bits per heavy atom. The normalized spacial score (nSPS) is 22.4. The zero-order chi connectivity index (χ0) is 15.3. The first kappa shape index (κ1) is 17.1. The van der Waals surface area contributed by atoms with Crippen LogP contribution in [-0.4, -0.2) is 68.4 Å². The summed E-state index contributed by atoms with van der Waals surface area (Å²) in [5.41, 5.74) is 0. The Bertz CT molecular complexity index is 349. The van der Waals surface area contributed by atoms with Crippen molar-refractivity contribution in [1.29, 1.82) is 0 Å². The molecular formula is C13H24N2O4S. The number of aliphatic hydroxyl groups excluding tert-OH is 1. The summed E-state index contributed by atoms with van der Waals surface area (Å²) in [4.78, 5) is 27.0. The van der Waals surface area contributed by atoms with Gasteiger partial charge in [0.25, 0.3) is 0 Å². The Balaban J connectivity index is 2.94. The maximum atomic E-state index is 12.7. The second-order valence-electron chi connectivity index (χ2n) is 4.86. The third kappa shape index (κ3) is 3.58. The second-order valence-corrected chi connectivity index (χ2v) is 6.21. The van der Waals surface area contributed by atoms with Crippen molar-refractivity contribution in [2.45, 2.75) is 51.1 Å². The van der Waals surface area contributed by atoms with Crippen molar-refractivity contribution in [3.8, 4) is 0 Å². The van der Waals surface area contributed by atoms with Crippen LogP contribution in [0.15, 0.2) is 0 Å². The Morgan fingerprint density at radius 3 is 2.45 bits per heavy atom. The van der Waals surface area contributed by atoms with Crippen LogP contribution in [0.5, 0.6) is 0 Å². The number of rotatable bonds is 6. The Morgan fingerprint density at radius 2 is 2.00 bits per heavy atom. The molecule has 0 radical (unpaired) electrons. The molecule has 20 heavy (non-hydrogen) atoms. The summed E-state index contributed by atoms with van der Waals surface area (Å²) in [7, 11) is 0. The van der Waals surface area contributed by atoms with E-state index in [4.69, 9.17) is 0 Å². The number of carboxylic acids is 1. The van der Waals surface area contributed by atoms with Crippen molar-refractivity contribution in [2.24, 2.45) is 0 Å². The fourth-order valence-electron chi connectivity index (χ4n) is 2.54. The summed E-state index contributed by atoms with van der Waals surface area (Å²) < 4.78 is 0. The van der Waals surface area contributed by atoms with Gasteiger partial charge in [-0.05, 0) is 19.8 Å². The van der Waals surface area contributed by atoms with Gasteiger partial charge in [0.05, 0.1) is 12.0 Å². The standard InChI is InChI=1S/C13H24N2O4S/c1-4-10(5-2)14(6-7-16)13(19)15-9(3)20-8-11(15)12(17)18/h9-11,16H,4-8H2,1-3H3,(H,17,18). The summed E-state index contributed by atoms with van der Waals surface area (Å²) in [5.74, 6) is -0.554. The SMILES string of the molecule is CCC(CC)N(CCO)C(=O)N1C(C)SCC1C(=O)O. The Labute approximate surface area is 124 Å². The van der Waals surface area contributed by atoms with E-state index in [1.54, 1.807) is 4.90 Å². The predicted molar refractivity (Wildman–Crippen MR) is 78.7 cm³/mol. The lowest BCUT2D eigenvalue weighted by atomic mass is 10.1. The quantitative estimate of drug-likeness (QED) is 0.776. The van der Waals surface area contributed by atoms with Crippen LogP contribution < -0.4 is 0 Å². The summed E-state index contributed by atoms with van der Waals surface area (Å²) in [6.07, 6.45) is 1.57. The highest BCUT2D eigenvalue weighted by Crippen LogP contribution is 2.30. The molecule has 0 aromatic rings. The van der Waals surface area contributed by atoms with Crippen LogP contribution in [0.3, 0.4) is 0 Å². The highest BCUT2D eigenvalue weighted by atomic mass is 32.2. The lowest BCUT2D eigenvalue weighted by Gasteiger charge is -2.36. The van der Waals surface area contributed by atoms with Crippen LogP contribution >= 0.6 is 11.8 Å². The molecule has 7 heteroatoms. The van der Waals surface area contributed by atoms with Crippen LogP contribution in [0.25, 0.3) is 0 Å². The highest BCUT2D eigenvalue weighted by Gasteiger charge is 2.42. The van der Waals surface area contributed by atoms with Crippen LogP contribution in [-0.2, 0) is 4.79 Å².